The number of ether oxygens (including phenoxy) is 1. The molecule has 1 heterocycles. The summed E-state index contributed by atoms with van der Waals surface area (Å²) in [6, 6.07) is 10.0. The van der Waals surface area contributed by atoms with Crippen LogP contribution in [-0.2, 0) is 13.1 Å². The Morgan fingerprint density at radius 3 is 2.45 bits per heavy atom. The molecule has 0 bridgehead atoms. The smallest absolute Gasteiger partial charge is 0.123 e. The maximum Gasteiger partial charge on any atom is 0.123 e. The Hall–Kier alpha value is -0.810. The first-order chi connectivity index (χ1) is 8.79. The van der Waals surface area contributed by atoms with Gasteiger partial charge in [-0.25, -0.2) is 0 Å². The Morgan fingerprint density at radius 1 is 1.10 bits per heavy atom. The number of aromatic nitrogens is 1. The third-order valence-corrected chi connectivity index (χ3v) is 3.13. The van der Waals surface area contributed by atoms with Gasteiger partial charge in [-0.05, 0) is 35.9 Å². The van der Waals surface area contributed by atoms with Crippen molar-refractivity contribution in [3.05, 3.63) is 58.3 Å². The zero-order chi connectivity index (χ0) is 12.8. The van der Waals surface area contributed by atoms with Crippen LogP contribution in [0.1, 0.15) is 11.1 Å². The molecule has 2 rings (SSSR count). The summed E-state index contributed by atoms with van der Waals surface area (Å²) in [7, 11) is 1.69. The van der Waals surface area contributed by atoms with E-state index in [0.29, 0.717) is 0 Å². The van der Waals surface area contributed by atoms with E-state index in [-0.39, 0.29) is 24.8 Å². The fourth-order valence-electron chi connectivity index (χ4n) is 1.73. The molecule has 0 aliphatic rings. The average Bonchev–Trinajstić information content (AvgIpc) is 2.40. The van der Waals surface area contributed by atoms with Gasteiger partial charge in [-0.15, -0.1) is 24.8 Å². The molecule has 0 aliphatic carbocycles. The second-order valence-electron chi connectivity index (χ2n) is 3.92. The topological polar surface area (TPSA) is 34.1 Å². The van der Waals surface area contributed by atoms with Crippen LogP contribution in [0.4, 0.5) is 0 Å². The van der Waals surface area contributed by atoms with E-state index in [1.807, 2.05) is 24.3 Å². The van der Waals surface area contributed by atoms with Gasteiger partial charge in [-0.1, -0.05) is 15.9 Å². The molecule has 0 saturated carbocycles. The van der Waals surface area contributed by atoms with E-state index in [0.717, 1.165) is 28.9 Å². The summed E-state index contributed by atoms with van der Waals surface area (Å²) < 4.78 is 6.39. The molecule has 0 atom stereocenters. The summed E-state index contributed by atoms with van der Waals surface area (Å²) in [5.74, 6) is 0.903. The molecular weight excluding hydrogens is 363 g/mol. The van der Waals surface area contributed by atoms with Crippen molar-refractivity contribution in [1.82, 2.24) is 10.3 Å². The van der Waals surface area contributed by atoms with Gasteiger partial charge in [-0.3, -0.25) is 4.98 Å². The molecule has 2 aromatic rings. The number of hydrogen-bond donors (Lipinski definition) is 1. The van der Waals surface area contributed by atoms with Crippen LogP contribution in [0.15, 0.2) is 47.2 Å². The van der Waals surface area contributed by atoms with Crippen LogP contribution in [0.3, 0.4) is 0 Å². The van der Waals surface area contributed by atoms with Gasteiger partial charge < -0.3 is 10.1 Å². The highest BCUT2D eigenvalue weighted by atomic mass is 79.9. The zero-order valence-electron chi connectivity index (χ0n) is 11.0. The standard InChI is InChI=1S/C14H15BrN2O.2ClH/c1-18-14-3-2-13(15)8-12(14)10-17-9-11-4-6-16-7-5-11;;/h2-8,17H,9-10H2,1H3;2*1H. The SMILES string of the molecule is COc1ccc(Br)cc1CNCc1ccncc1.Cl.Cl. The predicted molar refractivity (Wildman–Crippen MR) is 90.0 cm³/mol. The first-order valence-electron chi connectivity index (χ1n) is 5.71. The average molecular weight is 380 g/mol. The molecule has 0 saturated heterocycles. The third kappa shape index (κ3) is 5.67. The predicted octanol–water partition coefficient (Wildman–Crippen LogP) is 3.99. The molecule has 1 aromatic carbocycles. The Bertz CT molecular complexity index is 512. The van der Waals surface area contributed by atoms with Crippen molar-refractivity contribution < 1.29 is 4.74 Å². The number of hydrogen-bond acceptors (Lipinski definition) is 3. The number of nitrogens with one attached hydrogen (secondary N) is 1. The van der Waals surface area contributed by atoms with E-state index in [4.69, 9.17) is 4.74 Å². The van der Waals surface area contributed by atoms with E-state index in [1.165, 1.54) is 5.56 Å². The summed E-state index contributed by atoms with van der Waals surface area (Å²) in [4.78, 5) is 4.00. The number of methoxy groups -OCH3 is 1. The van der Waals surface area contributed by atoms with Crippen LogP contribution in [0.25, 0.3) is 0 Å². The lowest BCUT2D eigenvalue weighted by Crippen LogP contribution is -2.13. The second kappa shape index (κ2) is 10.00. The Balaban J connectivity index is 0.00000180. The lowest BCUT2D eigenvalue weighted by Gasteiger charge is -2.10. The molecule has 0 aliphatic heterocycles. The minimum Gasteiger partial charge on any atom is -0.496 e. The van der Waals surface area contributed by atoms with Gasteiger partial charge in [0.2, 0.25) is 0 Å². The van der Waals surface area contributed by atoms with Gasteiger partial charge in [0.15, 0.2) is 0 Å². The van der Waals surface area contributed by atoms with E-state index >= 15 is 0 Å². The molecule has 20 heavy (non-hydrogen) atoms. The summed E-state index contributed by atoms with van der Waals surface area (Å²) in [6.07, 6.45) is 3.60. The Labute approximate surface area is 140 Å². The van der Waals surface area contributed by atoms with Crippen molar-refractivity contribution in [2.24, 2.45) is 0 Å². The maximum absolute atomic E-state index is 5.33. The minimum absolute atomic E-state index is 0. The van der Waals surface area contributed by atoms with Crippen molar-refractivity contribution >= 4 is 40.7 Å². The molecule has 6 heteroatoms. The summed E-state index contributed by atoms with van der Waals surface area (Å²) >= 11 is 3.47. The summed E-state index contributed by atoms with van der Waals surface area (Å²) in [6.45, 7) is 1.59. The highest BCUT2D eigenvalue weighted by molar-refractivity contribution is 9.10. The summed E-state index contributed by atoms with van der Waals surface area (Å²) in [5.41, 5.74) is 2.36. The van der Waals surface area contributed by atoms with Crippen molar-refractivity contribution in [1.29, 1.82) is 0 Å². The van der Waals surface area contributed by atoms with Gasteiger partial charge in [0, 0.05) is 35.5 Å². The summed E-state index contributed by atoms with van der Waals surface area (Å²) in [5, 5.41) is 3.39. The van der Waals surface area contributed by atoms with Crippen LogP contribution >= 0.6 is 40.7 Å². The zero-order valence-corrected chi connectivity index (χ0v) is 14.2. The molecule has 110 valence electrons. The molecule has 0 radical (unpaired) electrons. The Kier molecular flexibility index (Phi) is 9.59. The number of pyridine rings is 1. The molecule has 0 unspecified atom stereocenters. The Morgan fingerprint density at radius 2 is 1.80 bits per heavy atom. The molecule has 1 N–H and O–H groups in total. The monoisotopic (exact) mass is 378 g/mol. The first-order valence-corrected chi connectivity index (χ1v) is 6.51. The number of benzene rings is 1. The van der Waals surface area contributed by atoms with Crippen LogP contribution in [-0.4, -0.2) is 12.1 Å². The molecule has 0 spiro atoms. The lowest BCUT2D eigenvalue weighted by molar-refractivity contribution is 0.407. The maximum atomic E-state index is 5.33. The van der Waals surface area contributed by atoms with Crippen molar-refractivity contribution in [3.63, 3.8) is 0 Å². The van der Waals surface area contributed by atoms with Crippen molar-refractivity contribution in [2.45, 2.75) is 13.1 Å². The fourth-order valence-corrected chi connectivity index (χ4v) is 2.14. The molecule has 0 fully saturated rings. The highest BCUT2D eigenvalue weighted by Crippen LogP contribution is 2.22. The van der Waals surface area contributed by atoms with Crippen LogP contribution in [0.5, 0.6) is 5.75 Å². The van der Waals surface area contributed by atoms with E-state index in [1.54, 1.807) is 19.5 Å². The van der Waals surface area contributed by atoms with Crippen LogP contribution in [0, 0.1) is 0 Å². The largest absolute Gasteiger partial charge is 0.496 e. The number of rotatable bonds is 5. The van der Waals surface area contributed by atoms with Crippen molar-refractivity contribution in [3.8, 4) is 5.75 Å². The minimum atomic E-state index is 0. The van der Waals surface area contributed by atoms with Gasteiger partial charge in [-0.2, -0.15) is 0 Å². The third-order valence-electron chi connectivity index (χ3n) is 2.64. The second-order valence-corrected chi connectivity index (χ2v) is 4.83. The molecule has 0 amide bonds. The molecular formula is C14H17BrCl2N2O. The van der Waals surface area contributed by atoms with Gasteiger partial charge in [0.25, 0.3) is 0 Å². The quantitative estimate of drug-likeness (QED) is 0.852. The van der Waals surface area contributed by atoms with Gasteiger partial charge >= 0.3 is 0 Å². The lowest BCUT2D eigenvalue weighted by atomic mass is 10.2. The van der Waals surface area contributed by atoms with Gasteiger partial charge in [0.1, 0.15) is 5.75 Å². The number of nitrogens with zero attached hydrogens (tertiary/aromatic N) is 1. The fraction of sp³-hybridized carbons (Fsp3) is 0.214. The normalized spacial score (nSPS) is 9.30. The molecule has 1 aromatic heterocycles. The van der Waals surface area contributed by atoms with E-state index in [2.05, 4.69) is 32.3 Å². The first kappa shape index (κ1) is 19.2. The van der Waals surface area contributed by atoms with E-state index in [9.17, 15) is 0 Å². The number of halogens is 3. The van der Waals surface area contributed by atoms with Crippen molar-refractivity contribution in [2.75, 3.05) is 7.11 Å². The highest BCUT2D eigenvalue weighted by Gasteiger charge is 2.03. The van der Waals surface area contributed by atoms with E-state index < -0.39 is 0 Å². The van der Waals surface area contributed by atoms with Crippen LogP contribution < -0.4 is 10.1 Å². The molecule has 3 nitrogen and oxygen atoms in total. The van der Waals surface area contributed by atoms with Crippen LogP contribution in [0.2, 0.25) is 0 Å². The van der Waals surface area contributed by atoms with Gasteiger partial charge in [0.05, 0.1) is 7.11 Å².